The van der Waals surface area contributed by atoms with Crippen LogP contribution in [0.1, 0.15) is 19.4 Å². The molecule has 0 fully saturated rings. The van der Waals surface area contributed by atoms with E-state index in [2.05, 4.69) is 0 Å². The number of thiophene rings is 1. The van der Waals surface area contributed by atoms with E-state index in [-0.39, 0.29) is 5.91 Å². The van der Waals surface area contributed by atoms with Gasteiger partial charge in [0, 0.05) is 30.9 Å². The van der Waals surface area contributed by atoms with Crippen LogP contribution >= 0.6 is 11.3 Å². The van der Waals surface area contributed by atoms with Crippen LogP contribution < -0.4 is 0 Å². The zero-order valence-electron chi connectivity index (χ0n) is 14.4. The van der Waals surface area contributed by atoms with Crippen LogP contribution in [0.15, 0.2) is 60.1 Å². The van der Waals surface area contributed by atoms with Gasteiger partial charge >= 0.3 is 0 Å². The number of amides is 1. The smallest absolute Gasteiger partial charge is 0.246 e. The lowest BCUT2D eigenvalue weighted by molar-refractivity contribution is -0.125. The minimum Gasteiger partial charge on any atom is -0.340 e. The summed E-state index contributed by atoms with van der Waals surface area (Å²) in [5.41, 5.74) is 2.82. The fourth-order valence-corrected chi connectivity index (χ4v) is 3.36. The Balaban J connectivity index is 1.97. The Labute approximate surface area is 152 Å². The molecule has 0 N–H and O–H groups in total. The van der Waals surface area contributed by atoms with Crippen LogP contribution in [-0.4, -0.2) is 33.7 Å². The Morgan fingerprint density at radius 3 is 2.56 bits per heavy atom. The van der Waals surface area contributed by atoms with Crippen LogP contribution in [0.3, 0.4) is 0 Å². The van der Waals surface area contributed by atoms with E-state index in [1.54, 1.807) is 22.3 Å². The van der Waals surface area contributed by atoms with Crippen LogP contribution in [0, 0.1) is 0 Å². The summed E-state index contributed by atoms with van der Waals surface area (Å²) < 4.78 is 1.86. The number of nitrogens with zero attached hydrogens (tertiary/aromatic N) is 3. The minimum atomic E-state index is 0.0228. The number of hydrogen-bond donors (Lipinski definition) is 0. The maximum atomic E-state index is 12.3. The van der Waals surface area contributed by atoms with Crippen molar-refractivity contribution in [2.24, 2.45) is 0 Å². The molecule has 1 amide bonds. The second-order valence-electron chi connectivity index (χ2n) is 5.53. The van der Waals surface area contributed by atoms with Crippen molar-refractivity contribution in [2.45, 2.75) is 13.8 Å². The van der Waals surface area contributed by atoms with E-state index < -0.39 is 0 Å². The van der Waals surface area contributed by atoms with Crippen LogP contribution in [0.4, 0.5) is 0 Å². The summed E-state index contributed by atoms with van der Waals surface area (Å²) in [5, 5.41) is 6.77. The van der Waals surface area contributed by atoms with Gasteiger partial charge in [-0.05, 0) is 43.5 Å². The Hall–Kier alpha value is -2.66. The zero-order valence-corrected chi connectivity index (χ0v) is 15.2. The van der Waals surface area contributed by atoms with E-state index >= 15 is 0 Å². The van der Waals surface area contributed by atoms with Crippen LogP contribution in [-0.2, 0) is 4.79 Å². The Morgan fingerprint density at radius 2 is 1.92 bits per heavy atom. The van der Waals surface area contributed by atoms with Gasteiger partial charge in [-0.15, -0.1) is 11.3 Å². The molecule has 3 aromatic rings. The van der Waals surface area contributed by atoms with Crippen LogP contribution in [0.5, 0.6) is 0 Å². The quantitative estimate of drug-likeness (QED) is 0.614. The van der Waals surface area contributed by atoms with Crippen molar-refractivity contribution >= 4 is 23.3 Å². The first kappa shape index (κ1) is 17.2. The normalized spacial score (nSPS) is 11.1. The lowest BCUT2D eigenvalue weighted by Crippen LogP contribution is -2.28. The molecule has 0 aliphatic heterocycles. The molecular weight excluding hydrogens is 330 g/mol. The Bertz CT molecular complexity index is 846. The molecule has 1 aromatic carbocycles. The molecule has 0 aliphatic carbocycles. The average molecular weight is 351 g/mol. The number of hydrogen-bond acceptors (Lipinski definition) is 3. The third-order valence-electron chi connectivity index (χ3n) is 4.00. The van der Waals surface area contributed by atoms with Gasteiger partial charge in [-0.25, -0.2) is 4.68 Å². The van der Waals surface area contributed by atoms with Crippen molar-refractivity contribution in [3.8, 4) is 16.3 Å². The van der Waals surface area contributed by atoms with Gasteiger partial charge in [0.15, 0.2) is 0 Å². The number of benzene rings is 1. The molecule has 0 spiro atoms. The molecule has 0 saturated heterocycles. The number of carbonyl (C=O) groups excluding carboxylic acids is 1. The molecular formula is C20H21N3OS. The van der Waals surface area contributed by atoms with E-state index in [1.165, 1.54) is 0 Å². The fraction of sp³-hybridized carbons (Fsp3) is 0.200. The van der Waals surface area contributed by atoms with E-state index in [4.69, 9.17) is 5.10 Å². The molecule has 0 unspecified atom stereocenters. The number of para-hydroxylation sites is 1. The van der Waals surface area contributed by atoms with Crippen LogP contribution in [0.25, 0.3) is 22.3 Å². The molecule has 4 nitrogen and oxygen atoms in total. The van der Waals surface area contributed by atoms with E-state index in [0.717, 1.165) is 21.8 Å². The summed E-state index contributed by atoms with van der Waals surface area (Å²) in [7, 11) is 0. The number of likely N-dealkylation sites (N-methyl/N-ethyl adjacent to an activating group) is 1. The van der Waals surface area contributed by atoms with Gasteiger partial charge in [0.25, 0.3) is 0 Å². The zero-order chi connectivity index (χ0) is 17.6. The first-order valence-electron chi connectivity index (χ1n) is 8.39. The molecule has 5 heteroatoms. The lowest BCUT2D eigenvalue weighted by Gasteiger charge is -2.15. The lowest BCUT2D eigenvalue weighted by atomic mass is 10.2. The van der Waals surface area contributed by atoms with Crippen molar-refractivity contribution in [2.75, 3.05) is 13.1 Å². The van der Waals surface area contributed by atoms with E-state index in [1.807, 2.05) is 78.6 Å². The van der Waals surface area contributed by atoms with E-state index in [0.29, 0.717) is 13.1 Å². The van der Waals surface area contributed by atoms with Crippen molar-refractivity contribution < 1.29 is 4.79 Å². The number of carbonyl (C=O) groups is 1. The highest BCUT2D eigenvalue weighted by molar-refractivity contribution is 7.13. The molecule has 0 aliphatic rings. The Kier molecular flexibility index (Phi) is 5.46. The molecule has 2 heterocycles. The van der Waals surface area contributed by atoms with Crippen molar-refractivity contribution in [1.82, 2.24) is 14.7 Å². The molecule has 0 bridgehead atoms. The summed E-state index contributed by atoms with van der Waals surface area (Å²) in [4.78, 5) is 15.1. The molecule has 0 atom stereocenters. The third kappa shape index (κ3) is 3.88. The van der Waals surface area contributed by atoms with Gasteiger partial charge in [-0.3, -0.25) is 4.79 Å². The molecule has 0 saturated carbocycles. The van der Waals surface area contributed by atoms with Crippen molar-refractivity contribution in [3.05, 3.63) is 65.7 Å². The highest BCUT2D eigenvalue weighted by Gasteiger charge is 2.12. The monoisotopic (exact) mass is 351 g/mol. The van der Waals surface area contributed by atoms with Crippen molar-refractivity contribution in [3.63, 3.8) is 0 Å². The predicted octanol–water partition coefficient (Wildman–Crippen LogP) is 4.48. The highest BCUT2D eigenvalue weighted by Crippen LogP contribution is 2.28. The summed E-state index contributed by atoms with van der Waals surface area (Å²) in [6.07, 6.45) is 5.47. The SMILES string of the molecule is CCN(CC)C(=O)/C=C/c1cn(-c2ccccc2)nc1-c1cccs1. The largest absolute Gasteiger partial charge is 0.340 e. The van der Waals surface area contributed by atoms with Gasteiger partial charge in [-0.1, -0.05) is 24.3 Å². The van der Waals surface area contributed by atoms with Gasteiger partial charge in [0.2, 0.25) is 5.91 Å². The van der Waals surface area contributed by atoms with E-state index in [9.17, 15) is 4.79 Å². The summed E-state index contributed by atoms with van der Waals surface area (Å²) >= 11 is 1.64. The molecule has 3 rings (SSSR count). The van der Waals surface area contributed by atoms with Crippen molar-refractivity contribution in [1.29, 1.82) is 0 Å². The minimum absolute atomic E-state index is 0.0228. The number of rotatable bonds is 6. The van der Waals surface area contributed by atoms with Gasteiger partial charge < -0.3 is 4.90 Å². The topological polar surface area (TPSA) is 38.1 Å². The standard InChI is InChI=1S/C20H21N3OS/c1-3-22(4-2)19(24)13-12-16-15-23(17-9-6-5-7-10-17)21-20(16)18-11-8-14-25-18/h5-15H,3-4H2,1-2H3/b13-12+. The summed E-state index contributed by atoms with van der Waals surface area (Å²) in [6, 6.07) is 14.0. The maximum absolute atomic E-state index is 12.3. The third-order valence-corrected chi connectivity index (χ3v) is 4.88. The number of aromatic nitrogens is 2. The summed E-state index contributed by atoms with van der Waals surface area (Å²) in [6.45, 7) is 5.39. The Morgan fingerprint density at radius 1 is 1.16 bits per heavy atom. The molecule has 128 valence electrons. The fourth-order valence-electron chi connectivity index (χ4n) is 2.63. The summed E-state index contributed by atoms with van der Waals surface area (Å²) in [5.74, 6) is 0.0228. The average Bonchev–Trinajstić information content (AvgIpc) is 3.31. The van der Waals surface area contributed by atoms with Gasteiger partial charge in [-0.2, -0.15) is 5.10 Å². The first-order chi connectivity index (χ1) is 12.2. The first-order valence-corrected chi connectivity index (χ1v) is 9.26. The van der Waals surface area contributed by atoms with Gasteiger partial charge in [0.05, 0.1) is 10.6 Å². The molecule has 0 radical (unpaired) electrons. The molecule has 2 aromatic heterocycles. The van der Waals surface area contributed by atoms with Gasteiger partial charge in [0.1, 0.15) is 5.69 Å². The highest BCUT2D eigenvalue weighted by atomic mass is 32.1. The second-order valence-corrected chi connectivity index (χ2v) is 6.48. The maximum Gasteiger partial charge on any atom is 0.246 e. The second kappa shape index (κ2) is 7.94. The van der Waals surface area contributed by atoms with Crippen LogP contribution in [0.2, 0.25) is 0 Å². The molecule has 25 heavy (non-hydrogen) atoms. The predicted molar refractivity (Wildman–Crippen MR) is 104 cm³/mol.